The van der Waals surface area contributed by atoms with Crippen LogP contribution >= 0.6 is 11.6 Å². The normalized spacial score (nSPS) is 15.8. The maximum Gasteiger partial charge on any atom is 0.253 e. The van der Waals surface area contributed by atoms with Gasteiger partial charge in [-0.15, -0.1) is 0 Å². The number of hydrogen-bond acceptors (Lipinski definition) is 3. The molecule has 2 aromatic rings. The number of hydrogen-bond donors (Lipinski definition) is 0. The lowest BCUT2D eigenvalue weighted by Gasteiger charge is -2.32. The first-order valence-corrected chi connectivity index (χ1v) is 8.60. The van der Waals surface area contributed by atoms with Gasteiger partial charge in [-0.2, -0.15) is 5.10 Å². The van der Waals surface area contributed by atoms with Crippen LogP contribution in [0.4, 0.5) is 0 Å². The summed E-state index contributed by atoms with van der Waals surface area (Å²) in [6, 6.07) is 7.81. The van der Waals surface area contributed by atoms with Gasteiger partial charge in [0, 0.05) is 31.7 Å². The van der Waals surface area contributed by atoms with Gasteiger partial charge in [0.25, 0.3) is 5.91 Å². The van der Waals surface area contributed by atoms with E-state index in [1.54, 1.807) is 0 Å². The second kappa shape index (κ2) is 6.95. The van der Waals surface area contributed by atoms with Crippen LogP contribution in [0.2, 0.25) is 5.02 Å². The van der Waals surface area contributed by atoms with Gasteiger partial charge in [-0.3, -0.25) is 9.48 Å². The quantitative estimate of drug-likeness (QED) is 0.857. The smallest absolute Gasteiger partial charge is 0.253 e. The lowest BCUT2D eigenvalue weighted by Crippen LogP contribution is -2.47. The van der Waals surface area contributed by atoms with Gasteiger partial charge in [-0.1, -0.05) is 23.7 Å². The maximum atomic E-state index is 12.7. The van der Waals surface area contributed by atoms with E-state index in [0.717, 1.165) is 48.7 Å². The molecule has 5 nitrogen and oxygen atoms in total. The fraction of sp³-hybridized carbons (Fsp3) is 0.444. The monoisotopic (exact) mass is 346 g/mol. The van der Waals surface area contributed by atoms with Gasteiger partial charge >= 0.3 is 0 Å². The molecule has 1 aromatic carbocycles. The van der Waals surface area contributed by atoms with Crippen molar-refractivity contribution in [2.24, 2.45) is 0 Å². The summed E-state index contributed by atoms with van der Waals surface area (Å²) in [6.45, 7) is 7.90. The van der Waals surface area contributed by atoms with E-state index in [2.05, 4.69) is 17.0 Å². The van der Waals surface area contributed by atoms with E-state index in [-0.39, 0.29) is 5.91 Å². The minimum absolute atomic E-state index is 0.108. The zero-order chi connectivity index (χ0) is 17.3. The Hall–Kier alpha value is -1.85. The van der Waals surface area contributed by atoms with E-state index in [0.29, 0.717) is 11.6 Å². The molecule has 0 spiro atoms. The predicted molar refractivity (Wildman–Crippen MR) is 95.7 cm³/mol. The minimum atomic E-state index is 0.108. The summed E-state index contributed by atoms with van der Waals surface area (Å²) in [7, 11) is 2.09. The number of piperazine rings is 1. The largest absolute Gasteiger partial charge is 0.336 e. The summed E-state index contributed by atoms with van der Waals surface area (Å²) in [4.78, 5) is 16.9. The van der Waals surface area contributed by atoms with Crippen LogP contribution in [0.5, 0.6) is 0 Å². The number of carbonyl (C=O) groups is 1. The van der Waals surface area contributed by atoms with Crippen LogP contribution in [0.1, 0.15) is 27.3 Å². The molecule has 0 N–H and O–H groups in total. The molecule has 1 fully saturated rings. The third kappa shape index (κ3) is 3.47. The molecular formula is C18H23ClN4O. The number of nitrogens with zero attached hydrogens (tertiary/aromatic N) is 4. The Bertz CT molecular complexity index is 747. The van der Waals surface area contributed by atoms with Crippen LogP contribution in [-0.2, 0) is 6.54 Å². The first-order valence-electron chi connectivity index (χ1n) is 8.22. The summed E-state index contributed by atoms with van der Waals surface area (Å²) in [5.41, 5.74) is 3.57. The highest BCUT2D eigenvalue weighted by Gasteiger charge is 2.20. The molecule has 1 saturated heterocycles. The highest BCUT2D eigenvalue weighted by atomic mass is 35.5. The lowest BCUT2D eigenvalue weighted by atomic mass is 10.1. The van der Waals surface area contributed by atoms with Gasteiger partial charge in [-0.05, 0) is 38.6 Å². The lowest BCUT2D eigenvalue weighted by molar-refractivity contribution is 0.0664. The number of aromatic nitrogens is 2. The molecule has 1 amide bonds. The number of amides is 1. The highest BCUT2D eigenvalue weighted by molar-refractivity contribution is 6.31. The molecule has 6 heteroatoms. The van der Waals surface area contributed by atoms with E-state index in [9.17, 15) is 4.79 Å². The van der Waals surface area contributed by atoms with Crippen molar-refractivity contribution in [3.05, 3.63) is 51.8 Å². The fourth-order valence-electron chi connectivity index (χ4n) is 3.00. The number of benzene rings is 1. The van der Waals surface area contributed by atoms with Gasteiger partial charge in [0.2, 0.25) is 0 Å². The van der Waals surface area contributed by atoms with Crippen molar-refractivity contribution in [1.29, 1.82) is 0 Å². The first-order chi connectivity index (χ1) is 11.5. The third-order valence-electron chi connectivity index (χ3n) is 4.59. The molecule has 0 unspecified atom stereocenters. The molecule has 2 heterocycles. The van der Waals surface area contributed by atoms with Crippen molar-refractivity contribution in [3.63, 3.8) is 0 Å². The van der Waals surface area contributed by atoms with Gasteiger partial charge in [0.05, 0.1) is 23.0 Å². The van der Waals surface area contributed by atoms with E-state index in [1.165, 1.54) is 0 Å². The first kappa shape index (κ1) is 17.0. The van der Waals surface area contributed by atoms with Crippen LogP contribution < -0.4 is 0 Å². The molecule has 0 saturated carbocycles. The molecule has 1 aromatic heterocycles. The highest BCUT2D eigenvalue weighted by Crippen LogP contribution is 2.20. The fourth-order valence-corrected chi connectivity index (χ4v) is 3.13. The number of likely N-dealkylation sites (N-methyl/N-ethyl adjacent to an activating group) is 1. The van der Waals surface area contributed by atoms with Crippen molar-refractivity contribution < 1.29 is 4.79 Å². The third-order valence-corrected chi connectivity index (χ3v) is 5.14. The second-order valence-corrected chi connectivity index (χ2v) is 6.82. The summed E-state index contributed by atoms with van der Waals surface area (Å²) in [5.74, 6) is 0.108. The molecule has 1 aliphatic heterocycles. The Balaban J connectivity index is 1.76. The van der Waals surface area contributed by atoms with Crippen LogP contribution in [0.25, 0.3) is 0 Å². The van der Waals surface area contributed by atoms with Crippen molar-refractivity contribution in [1.82, 2.24) is 19.6 Å². The van der Waals surface area contributed by atoms with Crippen LogP contribution in [0, 0.1) is 13.8 Å². The second-order valence-electron chi connectivity index (χ2n) is 6.44. The van der Waals surface area contributed by atoms with Crippen molar-refractivity contribution >= 4 is 17.5 Å². The average Bonchev–Trinajstić information content (AvgIpc) is 2.82. The molecule has 3 rings (SSSR count). The molecule has 24 heavy (non-hydrogen) atoms. The standard InChI is InChI=1S/C18H23ClN4O/c1-13-17(19)14(2)23(20-13)12-15-5-4-6-16(11-15)18(24)22-9-7-21(3)8-10-22/h4-6,11H,7-10,12H2,1-3H3. The average molecular weight is 347 g/mol. The van der Waals surface area contributed by atoms with E-state index in [1.807, 2.05) is 47.7 Å². The van der Waals surface area contributed by atoms with E-state index >= 15 is 0 Å². The minimum Gasteiger partial charge on any atom is -0.336 e. The van der Waals surface area contributed by atoms with Crippen molar-refractivity contribution in [2.45, 2.75) is 20.4 Å². The Labute approximate surface area is 147 Å². The number of aryl methyl sites for hydroxylation is 1. The Morgan fingerprint density at radius 1 is 1.21 bits per heavy atom. The zero-order valence-corrected chi connectivity index (χ0v) is 15.2. The molecule has 0 aliphatic carbocycles. The van der Waals surface area contributed by atoms with E-state index in [4.69, 9.17) is 11.6 Å². The molecule has 0 atom stereocenters. The van der Waals surface area contributed by atoms with E-state index < -0.39 is 0 Å². The Kier molecular flexibility index (Phi) is 4.92. The summed E-state index contributed by atoms with van der Waals surface area (Å²) < 4.78 is 1.89. The number of rotatable bonds is 3. The van der Waals surface area contributed by atoms with Crippen LogP contribution in [0.15, 0.2) is 24.3 Å². The van der Waals surface area contributed by atoms with Crippen LogP contribution in [-0.4, -0.2) is 58.7 Å². The summed E-state index contributed by atoms with van der Waals surface area (Å²) >= 11 is 6.21. The van der Waals surface area contributed by atoms with Gasteiger partial charge in [0.15, 0.2) is 0 Å². The van der Waals surface area contributed by atoms with Crippen molar-refractivity contribution in [3.8, 4) is 0 Å². The zero-order valence-electron chi connectivity index (χ0n) is 14.4. The van der Waals surface area contributed by atoms with Gasteiger partial charge in [-0.25, -0.2) is 0 Å². The molecule has 1 aliphatic rings. The van der Waals surface area contributed by atoms with Gasteiger partial charge in [0.1, 0.15) is 0 Å². The molecular weight excluding hydrogens is 324 g/mol. The Morgan fingerprint density at radius 2 is 1.92 bits per heavy atom. The number of halogens is 1. The summed E-state index contributed by atoms with van der Waals surface area (Å²) in [5, 5.41) is 5.17. The maximum absolute atomic E-state index is 12.7. The summed E-state index contributed by atoms with van der Waals surface area (Å²) in [6.07, 6.45) is 0. The van der Waals surface area contributed by atoms with Gasteiger partial charge < -0.3 is 9.80 Å². The topological polar surface area (TPSA) is 41.4 Å². The van der Waals surface area contributed by atoms with Crippen LogP contribution in [0.3, 0.4) is 0 Å². The molecule has 0 bridgehead atoms. The predicted octanol–water partition coefficient (Wildman–Crippen LogP) is 2.59. The van der Waals surface area contributed by atoms with Crippen molar-refractivity contribution in [2.75, 3.05) is 33.2 Å². The Morgan fingerprint density at radius 3 is 2.54 bits per heavy atom. The number of carbonyl (C=O) groups excluding carboxylic acids is 1. The SMILES string of the molecule is Cc1nn(Cc2cccc(C(=O)N3CCN(C)CC3)c2)c(C)c1Cl. The molecule has 0 radical (unpaired) electrons. The molecule has 128 valence electrons.